The number of non-ortho nitro benzene ring substituents is 1. The maximum absolute atomic E-state index is 12.1. The summed E-state index contributed by atoms with van der Waals surface area (Å²) in [6.45, 7) is 3.33. The van der Waals surface area contributed by atoms with Crippen molar-refractivity contribution in [3.8, 4) is 0 Å². The quantitative estimate of drug-likeness (QED) is 0.418. The van der Waals surface area contributed by atoms with Crippen molar-refractivity contribution in [3.63, 3.8) is 0 Å². The van der Waals surface area contributed by atoms with Gasteiger partial charge in [-0.2, -0.15) is 5.10 Å². The van der Waals surface area contributed by atoms with E-state index in [1.54, 1.807) is 44.2 Å². The number of carbonyl (C=O) groups excluding carboxylic acids is 2. The summed E-state index contributed by atoms with van der Waals surface area (Å²) in [7, 11) is 0. The molecule has 9 heteroatoms. The van der Waals surface area contributed by atoms with Gasteiger partial charge < -0.3 is 5.32 Å². The lowest BCUT2D eigenvalue weighted by atomic mass is 10.1. The van der Waals surface area contributed by atoms with Crippen LogP contribution in [-0.2, 0) is 16.0 Å². The Morgan fingerprint density at radius 3 is 2.46 bits per heavy atom. The number of nitro benzene ring substituents is 1. The van der Waals surface area contributed by atoms with E-state index in [4.69, 9.17) is 11.6 Å². The van der Waals surface area contributed by atoms with Gasteiger partial charge in [0.05, 0.1) is 23.5 Å². The normalized spacial score (nSPS) is 11.0. The Balaban J connectivity index is 1.89. The van der Waals surface area contributed by atoms with Crippen molar-refractivity contribution in [2.24, 2.45) is 5.10 Å². The van der Waals surface area contributed by atoms with Crippen LogP contribution in [0.25, 0.3) is 0 Å². The van der Waals surface area contributed by atoms with E-state index < -0.39 is 10.8 Å². The van der Waals surface area contributed by atoms with E-state index >= 15 is 0 Å². The summed E-state index contributed by atoms with van der Waals surface area (Å²) in [5.41, 5.74) is 4.52. The van der Waals surface area contributed by atoms with Crippen LogP contribution >= 0.6 is 11.6 Å². The summed E-state index contributed by atoms with van der Waals surface area (Å²) in [5.74, 6) is -0.714. The highest BCUT2D eigenvalue weighted by Gasteiger charge is 2.12. The van der Waals surface area contributed by atoms with E-state index in [-0.39, 0.29) is 24.4 Å². The largest absolute Gasteiger partial charge is 0.325 e. The smallest absolute Gasteiger partial charge is 0.271 e. The molecule has 0 saturated heterocycles. The lowest BCUT2D eigenvalue weighted by molar-refractivity contribution is -0.384. The van der Waals surface area contributed by atoms with Crippen molar-refractivity contribution in [1.29, 1.82) is 0 Å². The fourth-order valence-corrected chi connectivity index (χ4v) is 2.44. The monoisotopic (exact) mass is 402 g/mol. The summed E-state index contributed by atoms with van der Waals surface area (Å²) in [6, 6.07) is 11.1. The molecule has 0 spiro atoms. The van der Waals surface area contributed by atoms with Crippen LogP contribution in [0.15, 0.2) is 47.6 Å². The molecule has 2 rings (SSSR count). The Morgan fingerprint density at radius 1 is 1.14 bits per heavy atom. The molecule has 0 aliphatic carbocycles. The van der Waals surface area contributed by atoms with Gasteiger partial charge in [-0.05, 0) is 37.1 Å². The van der Waals surface area contributed by atoms with Crippen molar-refractivity contribution in [2.75, 3.05) is 5.32 Å². The number of hydrazone groups is 1. The Morgan fingerprint density at radius 2 is 1.82 bits per heavy atom. The average molecular weight is 403 g/mol. The molecule has 146 valence electrons. The third-order valence-corrected chi connectivity index (χ3v) is 4.02. The maximum Gasteiger partial charge on any atom is 0.271 e. The lowest BCUT2D eigenvalue weighted by Gasteiger charge is -2.08. The van der Waals surface area contributed by atoms with E-state index in [2.05, 4.69) is 15.8 Å². The minimum atomic E-state index is -0.530. The first-order valence-corrected chi connectivity index (χ1v) is 8.73. The zero-order valence-corrected chi connectivity index (χ0v) is 16.1. The molecule has 0 saturated carbocycles. The van der Waals surface area contributed by atoms with Crippen LogP contribution in [-0.4, -0.2) is 22.4 Å². The summed E-state index contributed by atoms with van der Waals surface area (Å²) < 4.78 is 0. The van der Waals surface area contributed by atoms with Crippen LogP contribution in [0.2, 0.25) is 5.02 Å². The number of carbonyl (C=O) groups is 2. The van der Waals surface area contributed by atoms with E-state index in [0.717, 1.165) is 5.56 Å². The molecule has 0 fully saturated rings. The fourth-order valence-electron chi connectivity index (χ4n) is 2.31. The fraction of sp³-hybridized carbons (Fsp3) is 0.211. The molecular formula is C19H19ClN4O4. The minimum Gasteiger partial charge on any atom is -0.325 e. The number of nitro groups is 1. The minimum absolute atomic E-state index is 0.0661. The molecule has 0 aliphatic rings. The second kappa shape index (κ2) is 9.61. The van der Waals surface area contributed by atoms with E-state index in [0.29, 0.717) is 22.0 Å². The zero-order valence-electron chi connectivity index (χ0n) is 15.4. The summed E-state index contributed by atoms with van der Waals surface area (Å²) in [6.07, 6.45) is 0.0659. The average Bonchev–Trinajstić information content (AvgIpc) is 2.63. The number of nitrogens with one attached hydrogen (secondary N) is 2. The summed E-state index contributed by atoms with van der Waals surface area (Å²) in [5, 5.41) is 18.0. The molecule has 2 aromatic carbocycles. The van der Waals surface area contributed by atoms with Gasteiger partial charge in [0.15, 0.2) is 0 Å². The van der Waals surface area contributed by atoms with Gasteiger partial charge >= 0.3 is 0 Å². The first-order chi connectivity index (χ1) is 13.2. The molecule has 0 heterocycles. The van der Waals surface area contributed by atoms with Crippen LogP contribution in [0.3, 0.4) is 0 Å². The van der Waals surface area contributed by atoms with Crippen molar-refractivity contribution in [1.82, 2.24) is 5.43 Å². The summed E-state index contributed by atoms with van der Waals surface area (Å²) >= 11 is 5.80. The Bertz CT molecular complexity index is 926. The maximum atomic E-state index is 12.1. The topological polar surface area (TPSA) is 114 Å². The molecule has 0 bridgehead atoms. The third kappa shape index (κ3) is 6.48. The molecular weight excluding hydrogens is 384 g/mol. The predicted molar refractivity (Wildman–Crippen MR) is 107 cm³/mol. The molecule has 2 N–H and O–H groups in total. The van der Waals surface area contributed by atoms with Gasteiger partial charge in [0.1, 0.15) is 0 Å². The van der Waals surface area contributed by atoms with Crippen LogP contribution in [0.5, 0.6) is 0 Å². The van der Waals surface area contributed by atoms with E-state index in [9.17, 15) is 19.7 Å². The Labute approximate surface area is 166 Å². The molecule has 2 amide bonds. The molecule has 28 heavy (non-hydrogen) atoms. The number of aryl methyl sites for hydroxylation is 1. The van der Waals surface area contributed by atoms with Gasteiger partial charge in [0.25, 0.3) is 5.69 Å². The number of hydrogen-bond acceptors (Lipinski definition) is 5. The SMILES string of the molecule is CC(CC(=O)Nc1cc([N+](=O)[O-])ccc1C)=NNC(=O)Cc1ccc(Cl)cc1. The number of halogens is 1. The second-order valence-corrected chi connectivity index (χ2v) is 6.60. The standard InChI is InChI=1S/C19H19ClN4O4/c1-12-3-8-16(24(27)28)11-17(12)21-18(25)9-13(2)22-23-19(26)10-14-4-6-15(20)7-5-14/h3-8,11H,9-10H2,1-2H3,(H,21,25)(H,23,26). The number of anilines is 1. The van der Waals surface area contributed by atoms with E-state index in [1.165, 1.54) is 12.1 Å². The van der Waals surface area contributed by atoms with Crippen molar-refractivity contribution >= 4 is 40.5 Å². The molecule has 0 aromatic heterocycles. The highest BCUT2D eigenvalue weighted by Crippen LogP contribution is 2.22. The number of hydrogen-bond donors (Lipinski definition) is 2. The highest BCUT2D eigenvalue weighted by molar-refractivity contribution is 6.30. The predicted octanol–water partition coefficient (Wildman–Crippen LogP) is 3.62. The van der Waals surface area contributed by atoms with Crippen molar-refractivity contribution < 1.29 is 14.5 Å². The summed E-state index contributed by atoms with van der Waals surface area (Å²) in [4.78, 5) is 34.4. The van der Waals surface area contributed by atoms with Crippen LogP contribution in [0.1, 0.15) is 24.5 Å². The lowest BCUT2D eigenvalue weighted by Crippen LogP contribution is -2.23. The molecule has 8 nitrogen and oxygen atoms in total. The number of rotatable bonds is 7. The van der Waals surface area contributed by atoms with Gasteiger partial charge in [-0.15, -0.1) is 0 Å². The Kier molecular flexibility index (Phi) is 7.22. The van der Waals surface area contributed by atoms with Gasteiger partial charge in [0, 0.05) is 22.9 Å². The zero-order chi connectivity index (χ0) is 20.7. The molecule has 2 aromatic rings. The number of nitrogens with zero attached hydrogens (tertiary/aromatic N) is 2. The Hall–Kier alpha value is -3.26. The molecule has 0 unspecified atom stereocenters. The van der Waals surface area contributed by atoms with Gasteiger partial charge in [-0.1, -0.05) is 29.8 Å². The van der Waals surface area contributed by atoms with Crippen LogP contribution < -0.4 is 10.7 Å². The van der Waals surface area contributed by atoms with Gasteiger partial charge in [-0.3, -0.25) is 19.7 Å². The van der Waals surface area contributed by atoms with Crippen molar-refractivity contribution in [2.45, 2.75) is 26.7 Å². The number of amides is 2. The molecule has 0 radical (unpaired) electrons. The van der Waals surface area contributed by atoms with Crippen LogP contribution in [0.4, 0.5) is 11.4 Å². The highest BCUT2D eigenvalue weighted by atomic mass is 35.5. The van der Waals surface area contributed by atoms with Crippen LogP contribution in [0, 0.1) is 17.0 Å². The molecule has 0 atom stereocenters. The second-order valence-electron chi connectivity index (χ2n) is 6.17. The van der Waals surface area contributed by atoms with E-state index in [1.807, 2.05) is 0 Å². The first-order valence-electron chi connectivity index (χ1n) is 8.36. The van der Waals surface area contributed by atoms with Gasteiger partial charge in [-0.25, -0.2) is 5.43 Å². The van der Waals surface area contributed by atoms with Gasteiger partial charge in [0.2, 0.25) is 11.8 Å². The third-order valence-electron chi connectivity index (χ3n) is 3.77. The molecule has 0 aliphatic heterocycles. The first kappa shape index (κ1) is 21.0. The number of benzene rings is 2. The van der Waals surface area contributed by atoms with Crippen molar-refractivity contribution in [3.05, 3.63) is 68.7 Å².